The molecule has 0 amide bonds. The highest BCUT2D eigenvalue weighted by atomic mass is 35.5. The minimum Gasteiger partial charge on any atom is -0.387 e. The van der Waals surface area contributed by atoms with Gasteiger partial charge in [-0.1, -0.05) is 43.3 Å². The molecular weight excluding hydrogens is 468 g/mol. The van der Waals surface area contributed by atoms with Gasteiger partial charge in [-0.05, 0) is 41.8 Å². The summed E-state index contributed by atoms with van der Waals surface area (Å²) in [6.07, 6.45) is -4.00. The van der Waals surface area contributed by atoms with Crippen molar-refractivity contribution in [1.82, 2.24) is 20.4 Å². The molecule has 1 heterocycles. The van der Waals surface area contributed by atoms with Crippen molar-refractivity contribution in [2.75, 3.05) is 20.6 Å². The van der Waals surface area contributed by atoms with Gasteiger partial charge in [0.05, 0.1) is 11.3 Å². The van der Waals surface area contributed by atoms with Crippen LogP contribution < -0.4 is 10.6 Å². The second-order valence-corrected chi connectivity index (χ2v) is 8.71. The summed E-state index contributed by atoms with van der Waals surface area (Å²) in [5, 5.41) is 7.19. The fourth-order valence-corrected chi connectivity index (χ4v) is 4.17. The largest absolute Gasteiger partial charge is 0.419 e. The molecule has 2 N–H and O–H groups in total. The highest BCUT2D eigenvalue weighted by molar-refractivity contribution is 6.30. The number of halogens is 5. The highest BCUT2D eigenvalue weighted by Crippen LogP contribution is 2.34. The maximum atomic E-state index is 13.9. The van der Waals surface area contributed by atoms with Crippen LogP contribution >= 0.6 is 11.6 Å². The Labute approximate surface area is 202 Å². The summed E-state index contributed by atoms with van der Waals surface area (Å²) in [6.45, 7) is 7.48. The maximum Gasteiger partial charge on any atom is 0.419 e. The Hall–Kier alpha value is -2.87. The first-order chi connectivity index (χ1) is 16.0. The lowest BCUT2D eigenvalue weighted by Gasteiger charge is -2.30. The maximum absolute atomic E-state index is 13.9. The molecule has 0 radical (unpaired) electrons. The van der Waals surface area contributed by atoms with Gasteiger partial charge < -0.3 is 20.4 Å². The number of nitrogens with zero attached hydrogens (tertiary/aromatic N) is 2. The fourth-order valence-electron chi connectivity index (χ4n) is 4.05. The van der Waals surface area contributed by atoms with Gasteiger partial charge in [0, 0.05) is 38.6 Å². The number of rotatable bonds is 9. The molecule has 34 heavy (non-hydrogen) atoms. The first-order valence-electron chi connectivity index (χ1n) is 11.0. The molecule has 4 nitrogen and oxygen atoms in total. The van der Waals surface area contributed by atoms with Crippen LogP contribution in [0.4, 0.5) is 17.6 Å². The van der Waals surface area contributed by atoms with Crippen LogP contribution in [0.15, 0.2) is 66.3 Å². The van der Waals surface area contributed by atoms with Crippen LogP contribution in [0.2, 0.25) is 5.02 Å². The molecule has 2 aromatic carbocycles. The monoisotopic (exact) mass is 496 g/mol. The van der Waals surface area contributed by atoms with E-state index in [1.807, 2.05) is 19.2 Å². The van der Waals surface area contributed by atoms with E-state index in [2.05, 4.69) is 33.9 Å². The van der Waals surface area contributed by atoms with Crippen LogP contribution in [0.1, 0.15) is 30.0 Å². The molecule has 1 atom stereocenters. The van der Waals surface area contributed by atoms with Gasteiger partial charge in [-0.25, -0.2) is 4.39 Å². The van der Waals surface area contributed by atoms with Crippen molar-refractivity contribution in [2.24, 2.45) is 0 Å². The molecule has 0 spiro atoms. The topological polar surface area (TPSA) is 30.5 Å². The smallest absolute Gasteiger partial charge is 0.387 e. The van der Waals surface area contributed by atoms with Crippen LogP contribution in [-0.2, 0) is 19.1 Å². The summed E-state index contributed by atoms with van der Waals surface area (Å²) >= 11 is 6.04. The van der Waals surface area contributed by atoms with E-state index in [1.165, 1.54) is 6.07 Å². The summed E-state index contributed by atoms with van der Waals surface area (Å²) < 4.78 is 53.7. The normalized spacial score (nSPS) is 16.0. The Balaban J connectivity index is 2.01. The standard InChI is InChI=1S/C25H29ClF4N4/c1-5-12-33(4)24-23(16(2)31-3)34(15-17-6-9-19(26)10-7-17)22(32-24)14-18-8-11-21(27)20(13-18)25(28,29)30/h6-11,13,22,31-32H,2,5,12,14-15H2,1,3-4H3. The van der Waals surface area contributed by atoms with Crippen molar-refractivity contribution in [3.05, 3.63) is 93.8 Å². The van der Waals surface area contributed by atoms with Crippen molar-refractivity contribution in [3.63, 3.8) is 0 Å². The summed E-state index contributed by atoms with van der Waals surface area (Å²) in [4.78, 5) is 4.14. The molecular formula is C25H29ClF4N4. The average Bonchev–Trinajstić information content (AvgIpc) is 3.13. The van der Waals surface area contributed by atoms with E-state index in [4.69, 9.17) is 11.6 Å². The van der Waals surface area contributed by atoms with Crippen molar-refractivity contribution < 1.29 is 17.6 Å². The Morgan fingerprint density at radius 2 is 1.82 bits per heavy atom. The van der Waals surface area contributed by atoms with Crippen molar-refractivity contribution in [2.45, 2.75) is 38.7 Å². The lowest BCUT2D eigenvalue weighted by atomic mass is 10.0. The average molecular weight is 497 g/mol. The predicted octanol–water partition coefficient (Wildman–Crippen LogP) is 5.72. The third-order valence-electron chi connectivity index (χ3n) is 5.75. The molecule has 0 saturated carbocycles. The Kier molecular flexibility index (Phi) is 8.02. The van der Waals surface area contributed by atoms with Gasteiger partial charge in [0.1, 0.15) is 23.5 Å². The van der Waals surface area contributed by atoms with Crippen LogP contribution in [0.5, 0.6) is 0 Å². The Bertz CT molecular complexity index is 1050. The van der Waals surface area contributed by atoms with Gasteiger partial charge >= 0.3 is 6.18 Å². The van der Waals surface area contributed by atoms with Crippen molar-refractivity contribution in [1.29, 1.82) is 0 Å². The van der Waals surface area contributed by atoms with Crippen molar-refractivity contribution in [3.8, 4) is 0 Å². The molecule has 0 saturated heterocycles. The third-order valence-corrected chi connectivity index (χ3v) is 6.00. The van der Waals surface area contributed by atoms with Gasteiger partial charge in [0.2, 0.25) is 0 Å². The number of hydrogen-bond donors (Lipinski definition) is 2. The zero-order valence-corrected chi connectivity index (χ0v) is 20.2. The number of hydrogen-bond acceptors (Lipinski definition) is 4. The van der Waals surface area contributed by atoms with Gasteiger partial charge in [0.25, 0.3) is 0 Å². The molecule has 0 fully saturated rings. The van der Waals surface area contributed by atoms with Gasteiger partial charge in [0.15, 0.2) is 0 Å². The van der Waals surface area contributed by atoms with Crippen LogP contribution in [0.3, 0.4) is 0 Å². The van der Waals surface area contributed by atoms with E-state index < -0.39 is 17.6 Å². The first kappa shape index (κ1) is 25.7. The Morgan fingerprint density at radius 3 is 2.41 bits per heavy atom. The second kappa shape index (κ2) is 10.6. The SMILES string of the molecule is C=C(NC)C1=C(N(C)CCC)NC(Cc2ccc(F)c(C(F)(F)F)c2)N1Cc1ccc(Cl)cc1. The molecule has 0 bridgehead atoms. The van der Waals surface area contributed by atoms with E-state index in [1.54, 1.807) is 19.2 Å². The molecule has 1 unspecified atom stereocenters. The number of benzene rings is 2. The quantitative estimate of drug-likeness (QED) is 0.435. The van der Waals surface area contributed by atoms with Gasteiger partial charge in [-0.2, -0.15) is 13.2 Å². The predicted molar refractivity (Wildman–Crippen MR) is 127 cm³/mol. The second-order valence-electron chi connectivity index (χ2n) is 8.28. The summed E-state index contributed by atoms with van der Waals surface area (Å²) in [5.74, 6) is -0.447. The number of alkyl halides is 3. The zero-order chi connectivity index (χ0) is 25.0. The van der Waals surface area contributed by atoms with E-state index in [-0.39, 0.29) is 12.6 Å². The highest BCUT2D eigenvalue weighted by Gasteiger charge is 2.37. The lowest BCUT2D eigenvalue weighted by Crippen LogP contribution is -2.40. The van der Waals surface area contributed by atoms with E-state index in [0.717, 1.165) is 42.2 Å². The third kappa shape index (κ3) is 5.78. The molecule has 9 heteroatoms. The fraction of sp³-hybridized carbons (Fsp3) is 0.360. The number of nitrogens with one attached hydrogen (secondary N) is 2. The minimum absolute atomic E-state index is 0.223. The molecule has 1 aliphatic rings. The first-order valence-corrected chi connectivity index (χ1v) is 11.4. The van der Waals surface area contributed by atoms with Crippen LogP contribution in [0.25, 0.3) is 0 Å². The summed E-state index contributed by atoms with van der Waals surface area (Å²) in [6, 6.07) is 10.6. The van der Waals surface area contributed by atoms with Crippen molar-refractivity contribution >= 4 is 11.6 Å². The van der Waals surface area contributed by atoms with E-state index in [9.17, 15) is 17.6 Å². The minimum atomic E-state index is -4.76. The molecule has 3 rings (SSSR count). The summed E-state index contributed by atoms with van der Waals surface area (Å²) in [7, 11) is 3.73. The lowest BCUT2D eigenvalue weighted by molar-refractivity contribution is -0.140. The molecule has 2 aromatic rings. The molecule has 0 aliphatic carbocycles. The number of likely N-dealkylation sites (N-methyl/N-ethyl adjacent to an activating group) is 1. The van der Waals surface area contributed by atoms with Crippen LogP contribution in [0, 0.1) is 5.82 Å². The zero-order valence-electron chi connectivity index (χ0n) is 19.4. The van der Waals surface area contributed by atoms with Gasteiger partial charge in [-0.15, -0.1) is 0 Å². The molecule has 184 valence electrons. The van der Waals surface area contributed by atoms with E-state index >= 15 is 0 Å². The molecule has 0 aromatic heterocycles. The van der Waals surface area contributed by atoms with Crippen LogP contribution in [-0.4, -0.2) is 36.6 Å². The van der Waals surface area contributed by atoms with E-state index in [0.29, 0.717) is 22.8 Å². The van der Waals surface area contributed by atoms with Gasteiger partial charge in [-0.3, -0.25) is 0 Å². The Morgan fingerprint density at radius 1 is 1.18 bits per heavy atom. The molecule has 1 aliphatic heterocycles. The summed E-state index contributed by atoms with van der Waals surface area (Å²) in [5.41, 5.74) is 1.60.